The fourth-order valence-corrected chi connectivity index (χ4v) is 2.65. The molecule has 1 saturated heterocycles. The van der Waals surface area contributed by atoms with Gasteiger partial charge < -0.3 is 15.0 Å². The number of esters is 1. The number of likely N-dealkylation sites (tertiary alicyclic amines) is 1. The molecule has 0 spiro atoms. The third kappa shape index (κ3) is 6.39. The number of piperidine rings is 1. The predicted molar refractivity (Wildman–Crippen MR) is 78.2 cm³/mol. The van der Waals surface area contributed by atoms with E-state index in [0.717, 1.165) is 25.3 Å². The van der Waals surface area contributed by atoms with Crippen molar-refractivity contribution in [2.75, 3.05) is 33.3 Å². The predicted octanol–water partition coefficient (Wildman–Crippen LogP) is 2.04. The maximum absolute atomic E-state index is 11.8. The number of carbonyl (C=O) groups is 1. The van der Waals surface area contributed by atoms with Crippen molar-refractivity contribution in [2.45, 2.75) is 52.0 Å². The van der Waals surface area contributed by atoms with E-state index in [9.17, 15) is 4.79 Å². The number of hydrogen-bond donors (Lipinski definition) is 1. The molecule has 1 heterocycles. The van der Waals surface area contributed by atoms with Crippen LogP contribution in [0.15, 0.2) is 0 Å². The van der Waals surface area contributed by atoms with E-state index < -0.39 is 0 Å². The minimum atomic E-state index is -0.115. The van der Waals surface area contributed by atoms with Crippen LogP contribution in [-0.4, -0.2) is 50.2 Å². The molecule has 1 aliphatic heterocycles. The molecule has 0 aliphatic carbocycles. The molecule has 0 aromatic carbocycles. The monoisotopic (exact) mass is 270 g/mol. The minimum absolute atomic E-state index is 0.0901. The highest BCUT2D eigenvalue weighted by atomic mass is 16.5. The zero-order chi connectivity index (χ0) is 14.1. The Kier molecular flexibility index (Phi) is 8.07. The Balaban J connectivity index is 2.22. The summed E-state index contributed by atoms with van der Waals surface area (Å²) in [5.41, 5.74) is 0. The quantitative estimate of drug-likeness (QED) is 0.685. The summed E-state index contributed by atoms with van der Waals surface area (Å²) in [5, 5.41) is 3.38. The van der Waals surface area contributed by atoms with Gasteiger partial charge in [0.15, 0.2) is 0 Å². The van der Waals surface area contributed by atoms with E-state index in [0.29, 0.717) is 6.61 Å². The number of hydrogen-bond acceptors (Lipinski definition) is 4. The van der Waals surface area contributed by atoms with Crippen LogP contribution in [0.25, 0.3) is 0 Å². The van der Waals surface area contributed by atoms with Crippen molar-refractivity contribution in [1.29, 1.82) is 0 Å². The van der Waals surface area contributed by atoms with E-state index in [2.05, 4.69) is 24.2 Å². The zero-order valence-corrected chi connectivity index (χ0v) is 12.8. The zero-order valence-electron chi connectivity index (χ0n) is 12.8. The van der Waals surface area contributed by atoms with Crippen molar-refractivity contribution >= 4 is 5.97 Å². The summed E-state index contributed by atoms with van der Waals surface area (Å²) >= 11 is 0. The first-order chi connectivity index (χ1) is 9.17. The molecular formula is C15H30N2O2. The molecule has 1 atom stereocenters. The van der Waals surface area contributed by atoms with Gasteiger partial charge in [0.05, 0.1) is 6.61 Å². The largest absolute Gasteiger partial charge is 0.465 e. The van der Waals surface area contributed by atoms with Gasteiger partial charge in [-0.3, -0.25) is 4.79 Å². The number of carbonyl (C=O) groups excluding carboxylic acids is 1. The van der Waals surface area contributed by atoms with Crippen LogP contribution in [0.1, 0.15) is 46.0 Å². The maximum atomic E-state index is 11.8. The van der Waals surface area contributed by atoms with E-state index in [1.165, 1.54) is 32.4 Å². The number of nitrogens with one attached hydrogen (secondary N) is 1. The van der Waals surface area contributed by atoms with Crippen molar-refractivity contribution < 1.29 is 9.53 Å². The molecule has 0 aromatic heterocycles. The smallest absolute Gasteiger partial charge is 0.323 e. The van der Waals surface area contributed by atoms with Gasteiger partial charge in [-0.2, -0.15) is 0 Å². The molecule has 4 nitrogen and oxygen atoms in total. The molecule has 1 N–H and O–H groups in total. The molecule has 0 amide bonds. The summed E-state index contributed by atoms with van der Waals surface area (Å²) in [7, 11) is 2.19. The van der Waals surface area contributed by atoms with Gasteiger partial charge in [0.2, 0.25) is 0 Å². The third-order valence-corrected chi connectivity index (χ3v) is 3.93. The van der Waals surface area contributed by atoms with Crippen LogP contribution in [-0.2, 0) is 9.53 Å². The van der Waals surface area contributed by atoms with Crippen LogP contribution in [0.3, 0.4) is 0 Å². The van der Waals surface area contributed by atoms with Crippen LogP contribution in [0, 0.1) is 5.92 Å². The first-order valence-electron chi connectivity index (χ1n) is 7.75. The Labute approximate surface area is 117 Å². The van der Waals surface area contributed by atoms with E-state index in [1.807, 2.05) is 6.92 Å². The second-order valence-electron chi connectivity index (χ2n) is 5.58. The minimum Gasteiger partial charge on any atom is -0.465 e. The molecule has 1 fully saturated rings. The van der Waals surface area contributed by atoms with Gasteiger partial charge in [-0.25, -0.2) is 0 Å². The van der Waals surface area contributed by atoms with Crippen molar-refractivity contribution in [3.05, 3.63) is 0 Å². The molecule has 0 radical (unpaired) electrons. The van der Waals surface area contributed by atoms with Crippen LogP contribution >= 0.6 is 0 Å². The Hall–Kier alpha value is -0.610. The molecule has 1 rings (SSSR count). The standard InChI is InChI=1S/C15H30N2O2/c1-4-6-14(15(18)19-5-2)16-10-7-13-8-11-17(3)12-9-13/h13-14,16H,4-12H2,1-3H3. The van der Waals surface area contributed by atoms with Crippen molar-refractivity contribution in [1.82, 2.24) is 10.2 Å². The van der Waals surface area contributed by atoms with Gasteiger partial charge in [-0.05, 0) is 65.2 Å². The summed E-state index contributed by atoms with van der Waals surface area (Å²) in [6.45, 7) is 7.78. The van der Waals surface area contributed by atoms with Gasteiger partial charge in [-0.15, -0.1) is 0 Å². The first kappa shape index (κ1) is 16.4. The van der Waals surface area contributed by atoms with E-state index in [-0.39, 0.29) is 12.0 Å². The Morgan fingerprint density at radius 1 is 1.37 bits per heavy atom. The van der Waals surface area contributed by atoms with Crippen molar-refractivity contribution in [3.8, 4) is 0 Å². The van der Waals surface area contributed by atoms with Crippen molar-refractivity contribution in [2.24, 2.45) is 5.92 Å². The number of ether oxygens (including phenoxy) is 1. The van der Waals surface area contributed by atoms with Crippen LogP contribution in [0.2, 0.25) is 0 Å². The molecule has 0 bridgehead atoms. The molecule has 112 valence electrons. The number of nitrogens with zero attached hydrogens (tertiary/aromatic N) is 1. The normalized spacial score (nSPS) is 19.3. The van der Waals surface area contributed by atoms with Crippen molar-refractivity contribution in [3.63, 3.8) is 0 Å². The summed E-state index contributed by atoms with van der Waals surface area (Å²) < 4.78 is 5.11. The van der Waals surface area contributed by atoms with E-state index >= 15 is 0 Å². The topological polar surface area (TPSA) is 41.6 Å². The lowest BCUT2D eigenvalue weighted by Gasteiger charge is -2.29. The maximum Gasteiger partial charge on any atom is 0.323 e. The molecule has 1 aliphatic rings. The van der Waals surface area contributed by atoms with Gasteiger partial charge >= 0.3 is 5.97 Å². The lowest BCUT2D eigenvalue weighted by Crippen LogP contribution is -2.39. The van der Waals surface area contributed by atoms with Gasteiger partial charge in [0.25, 0.3) is 0 Å². The molecule has 0 saturated carbocycles. The Bertz CT molecular complexity index is 251. The summed E-state index contributed by atoms with van der Waals surface area (Å²) in [4.78, 5) is 14.2. The second-order valence-corrected chi connectivity index (χ2v) is 5.58. The summed E-state index contributed by atoms with van der Waals surface area (Å²) in [6.07, 6.45) is 5.62. The Morgan fingerprint density at radius 3 is 2.63 bits per heavy atom. The fourth-order valence-electron chi connectivity index (χ4n) is 2.65. The summed E-state index contributed by atoms with van der Waals surface area (Å²) in [5.74, 6) is 0.723. The second kappa shape index (κ2) is 9.32. The third-order valence-electron chi connectivity index (χ3n) is 3.93. The molecule has 4 heteroatoms. The fraction of sp³-hybridized carbons (Fsp3) is 0.933. The first-order valence-corrected chi connectivity index (χ1v) is 7.75. The van der Waals surface area contributed by atoms with Crippen LogP contribution in [0.5, 0.6) is 0 Å². The molecular weight excluding hydrogens is 240 g/mol. The number of rotatable bonds is 8. The highest BCUT2D eigenvalue weighted by Crippen LogP contribution is 2.18. The van der Waals surface area contributed by atoms with Gasteiger partial charge in [0.1, 0.15) is 6.04 Å². The average molecular weight is 270 g/mol. The lowest BCUT2D eigenvalue weighted by molar-refractivity contribution is -0.145. The van der Waals surface area contributed by atoms with E-state index in [1.54, 1.807) is 0 Å². The average Bonchev–Trinajstić information content (AvgIpc) is 2.40. The lowest BCUT2D eigenvalue weighted by atomic mass is 9.94. The van der Waals surface area contributed by atoms with Gasteiger partial charge in [0, 0.05) is 0 Å². The Morgan fingerprint density at radius 2 is 2.05 bits per heavy atom. The highest BCUT2D eigenvalue weighted by molar-refractivity contribution is 5.75. The SMILES string of the molecule is CCCC(NCCC1CCN(C)CC1)C(=O)OCC. The molecule has 19 heavy (non-hydrogen) atoms. The summed E-state index contributed by atoms with van der Waals surface area (Å²) in [6, 6.07) is -0.115. The molecule has 0 aromatic rings. The van der Waals surface area contributed by atoms with Crippen LogP contribution < -0.4 is 5.32 Å². The highest BCUT2D eigenvalue weighted by Gasteiger charge is 2.20. The van der Waals surface area contributed by atoms with E-state index in [4.69, 9.17) is 4.74 Å². The molecule has 1 unspecified atom stereocenters. The van der Waals surface area contributed by atoms with Gasteiger partial charge in [-0.1, -0.05) is 13.3 Å². The van der Waals surface area contributed by atoms with Crippen LogP contribution in [0.4, 0.5) is 0 Å².